The summed E-state index contributed by atoms with van der Waals surface area (Å²) < 4.78 is 5.88. The van der Waals surface area contributed by atoms with E-state index in [1.54, 1.807) is 24.3 Å². The smallest absolute Gasteiger partial charge is 0.251 e. The van der Waals surface area contributed by atoms with Crippen LogP contribution in [0.25, 0.3) is 0 Å². The van der Waals surface area contributed by atoms with E-state index < -0.39 is 0 Å². The number of benzene rings is 3. The summed E-state index contributed by atoms with van der Waals surface area (Å²) in [4.78, 5) is 24.5. The molecular formula is C26H29N3O3. The Labute approximate surface area is 189 Å². The molecule has 3 N–H and O–H groups in total. The quantitative estimate of drug-likeness (QED) is 0.379. The fourth-order valence-electron chi connectivity index (χ4n) is 3.03. The van der Waals surface area contributed by atoms with E-state index in [-0.39, 0.29) is 18.4 Å². The van der Waals surface area contributed by atoms with Crippen molar-refractivity contribution in [1.29, 1.82) is 0 Å². The second kappa shape index (κ2) is 12.2. The van der Waals surface area contributed by atoms with Crippen molar-refractivity contribution in [3.63, 3.8) is 0 Å². The van der Waals surface area contributed by atoms with Crippen LogP contribution in [0.1, 0.15) is 35.7 Å². The zero-order chi connectivity index (χ0) is 22.6. The van der Waals surface area contributed by atoms with Gasteiger partial charge in [0.25, 0.3) is 5.91 Å². The third-order valence-electron chi connectivity index (χ3n) is 4.81. The number of para-hydroxylation sites is 2. The summed E-state index contributed by atoms with van der Waals surface area (Å²) in [6.07, 6.45) is 2.00. The van der Waals surface area contributed by atoms with Gasteiger partial charge in [0.2, 0.25) is 5.91 Å². The predicted octanol–water partition coefficient (Wildman–Crippen LogP) is 4.85. The van der Waals surface area contributed by atoms with Crippen molar-refractivity contribution >= 4 is 23.2 Å². The van der Waals surface area contributed by atoms with Gasteiger partial charge in [-0.15, -0.1) is 0 Å². The Balaban J connectivity index is 1.49. The highest BCUT2D eigenvalue weighted by Crippen LogP contribution is 2.24. The molecule has 0 aromatic heterocycles. The predicted molar refractivity (Wildman–Crippen MR) is 128 cm³/mol. The number of hydrogen-bond acceptors (Lipinski definition) is 4. The van der Waals surface area contributed by atoms with Gasteiger partial charge in [0.05, 0.1) is 12.2 Å². The minimum atomic E-state index is -0.192. The monoisotopic (exact) mass is 431 g/mol. The second-order valence-corrected chi connectivity index (χ2v) is 7.36. The maximum Gasteiger partial charge on any atom is 0.251 e. The van der Waals surface area contributed by atoms with E-state index in [9.17, 15) is 9.59 Å². The number of rotatable bonds is 11. The Hall–Kier alpha value is -3.80. The molecule has 6 heteroatoms. The van der Waals surface area contributed by atoms with Crippen molar-refractivity contribution in [2.45, 2.75) is 26.4 Å². The molecule has 0 spiro atoms. The molecule has 166 valence electrons. The van der Waals surface area contributed by atoms with Crippen LogP contribution in [0.3, 0.4) is 0 Å². The highest BCUT2D eigenvalue weighted by atomic mass is 16.5. The molecule has 3 rings (SSSR count). The van der Waals surface area contributed by atoms with Crippen LogP contribution in [-0.2, 0) is 11.4 Å². The maximum absolute atomic E-state index is 12.4. The molecule has 0 saturated carbocycles. The van der Waals surface area contributed by atoms with Crippen LogP contribution in [0, 0.1) is 0 Å². The number of anilines is 2. The molecule has 0 radical (unpaired) electrons. The van der Waals surface area contributed by atoms with Crippen molar-refractivity contribution in [2.75, 3.05) is 23.7 Å². The summed E-state index contributed by atoms with van der Waals surface area (Å²) >= 11 is 0. The first-order valence-corrected chi connectivity index (χ1v) is 10.8. The molecule has 0 bridgehead atoms. The molecule has 0 saturated heterocycles. The van der Waals surface area contributed by atoms with Crippen molar-refractivity contribution in [1.82, 2.24) is 5.32 Å². The van der Waals surface area contributed by atoms with E-state index in [0.717, 1.165) is 24.1 Å². The Morgan fingerprint density at radius 1 is 0.875 bits per heavy atom. The van der Waals surface area contributed by atoms with Crippen molar-refractivity contribution < 1.29 is 14.3 Å². The molecule has 6 nitrogen and oxygen atoms in total. The number of carbonyl (C=O) groups is 2. The second-order valence-electron chi connectivity index (χ2n) is 7.36. The van der Waals surface area contributed by atoms with Gasteiger partial charge < -0.3 is 20.7 Å². The van der Waals surface area contributed by atoms with Crippen LogP contribution in [0.5, 0.6) is 5.75 Å². The average molecular weight is 432 g/mol. The minimum Gasteiger partial charge on any atom is -0.487 e. The Bertz CT molecular complexity index is 1000. The number of ether oxygens (including phenoxy) is 1. The van der Waals surface area contributed by atoms with E-state index >= 15 is 0 Å². The minimum absolute atomic E-state index is 0.0881. The van der Waals surface area contributed by atoms with E-state index in [1.165, 1.54) is 0 Å². The lowest BCUT2D eigenvalue weighted by Gasteiger charge is -2.13. The van der Waals surface area contributed by atoms with E-state index in [1.807, 2.05) is 54.6 Å². The molecule has 0 aliphatic carbocycles. The van der Waals surface area contributed by atoms with E-state index in [2.05, 4.69) is 22.9 Å². The van der Waals surface area contributed by atoms with Crippen molar-refractivity contribution in [2.24, 2.45) is 0 Å². The van der Waals surface area contributed by atoms with Gasteiger partial charge in [-0.2, -0.15) is 0 Å². The van der Waals surface area contributed by atoms with Crippen LogP contribution in [0.15, 0.2) is 78.9 Å². The molecule has 3 aromatic rings. The molecular weight excluding hydrogens is 402 g/mol. The Morgan fingerprint density at radius 2 is 1.59 bits per heavy atom. The lowest BCUT2D eigenvalue weighted by atomic mass is 10.2. The molecule has 3 aromatic carbocycles. The Morgan fingerprint density at radius 3 is 2.34 bits per heavy atom. The first-order valence-electron chi connectivity index (χ1n) is 10.8. The fraction of sp³-hybridized carbons (Fsp3) is 0.231. The SMILES string of the molecule is CCCCNC(=O)c1ccc(NCC(=O)Nc2ccccc2OCc2ccccc2)cc1. The van der Waals surface area contributed by atoms with Gasteiger partial charge in [-0.3, -0.25) is 9.59 Å². The molecule has 0 fully saturated rings. The first kappa shape index (κ1) is 22.9. The summed E-state index contributed by atoms with van der Waals surface area (Å²) in [6, 6.07) is 24.3. The maximum atomic E-state index is 12.4. The number of hydrogen-bond donors (Lipinski definition) is 3. The summed E-state index contributed by atoms with van der Waals surface area (Å²) in [5, 5.41) is 8.85. The lowest BCUT2D eigenvalue weighted by molar-refractivity contribution is -0.114. The summed E-state index contributed by atoms with van der Waals surface area (Å²) in [5.74, 6) is 0.333. The van der Waals surface area contributed by atoms with E-state index in [0.29, 0.717) is 30.2 Å². The highest BCUT2D eigenvalue weighted by Gasteiger charge is 2.09. The molecule has 2 amide bonds. The summed E-state index contributed by atoms with van der Waals surface area (Å²) in [7, 11) is 0. The van der Waals surface area contributed by atoms with Gasteiger partial charge in [-0.05, 0) is 48.4 Å². The zero-order valence-corrected chi connectivity index (χ0v) is 18.3. The van der Waals surface area contributed by atoms with Crippen LogP contribution in [0.2, 0.25) is 0 Å². The van der Waals surface area contributed by atoms with Gasteiger partial charge >= 0.3 is 0 Å². The average Bonchev–Trinajstić information content (AvgIpc) is 2.83. The number of amides is 2. The largest absolute Gasteiger partial charge is 0.487 e. The van der Waals surface area contributed by atoms with E-state index in [4.69, 9.17) is 4.74 Å². The van der Waals surface area contributed by atoms with Gasteiger partial charge in [0, 0.05) is 17.8 Å². The molecule has 0 unspecified atom stereocenters. The lowest BCUT2D eigenvalue weighted by Crippen LogP contribution is -2.24. The third-order valence-corrected chi connectivity index (χ3v) is 4.81. The third kappa shape index (κ3) is 7.16. The first-order chi connectivity index (χ1) is 15.7. The van der Waals surface area contributed by atoms with Crippen molar-refractivity contribution in [3.05, 3.63) is 90.0 Å². The molecule has 0 atom stereocenters. The van der Waals surface area contributed by atoms with Gasteiger partial charge in [-0.1, -0.05) is 55.8 Å². The summed E-state index contributed by atoms with van der Waals surface area (Å²) in [6.45, 7) is 3.27. The number of nitrogens with one attached hydrogen (secondary N) is 3. The molecule has 0 heterocycles. The van der Waals surface area contributed by atoms with Crippen LogP contribution < -0.4 is 20.7 Å². The fourth-order valence-corrected chi connectivity index (χ4v) is 3.03. The topological polar surface area (TPSA) is 79.5 Å². The molecule has 32 heavy (non-hydrogen) atoms. The van der Waals surface area contributed by atoms with Crippen LogP contribution in [0.4, 0.5) is 11.4 Å². The highest BCUT2D eigenvalue weighted by molar-refractivity contribution is 5.96. The van der Waals surface area contributed by atoms with Crippen LogP contribution >= 0.6 is 0 Å². The molecule has 0 aliphatic heterocycles. The normalized spacial score (nSPS) is 10.3. The van der Waals surface area contributed by atoms with Gasteiger partial charge in [0.1, 0.15) is 12.4 Å². The van der Waals surface area contributed by atoms with Gasteiger partial charge in [0.15, 0.2) is 0 Å². The van der Waals surface area contributed by atoms with Gasteiger partial charge in [-0.25, -0.2) is 0 Å². The van der Waals surface area contributed by atoms with Crippen LogP contribution in [-0.4, -0.2) is 24.9 Å². The number of carbonyl (C=O) groups excluding carboxylic acids is 2. The summed E-state index contributed by atoms with van der Waals surface area (Å²) in [5.41, 5.74) is 3.03. The standard InChI is InChI=1S/C26H29N3O3/c1-2-3-17-27-26(31)21-13-15-22(16-14-21)28-18-25(30)29-23-11-7-8-12-24(23)32-19-20-9-5-4-6-10-20/h4-16,28H,2-3,17-19H2,1H3,(H,27,31)(H,29,30). The zero-order valence-electron chi connectivity index (χ0n) is 18.3. The number of unbranched alkanes of at least 4 members (excludes halogenated alkanes) is 1. The Kier molecular flexibility index (Phi) is 8.69. The molecule has 0 aliphatic rings. The van der Waals surface area contributed by atoms with Crippen molar-refractivity contribution in [3.8, 4) is 5.75 Å².